The van der Waals surface area contributed by atoms with E-state index in [1.54, 1.807) is 18.3 Å². The second-order valence-corrected chi connectivity index (χ2v) is 3.52. The summed E-state index contributed by atoms with van der Waals surface area (Å²) < 4.78 is 23.8. The van der Waals surface area contributed by atoms with Crippen LogP contribution in [0, 0.1) is 5.82 Å². The fraction of sp³-hybridized carbons (Fsp3) is 0.154. The number of ether oxygens (including phenoxy) is 2. The fourth-order valence-electron chi connectivity index (χ4n) is 1.43. The fourth-order valence-corrected chi connectivity index (χ4v) is 1.43. The molecule has 0 unspecified atom stereocenters. The number of aromatic nitrogens is 1. The van der Waals surface area contributed by atoms with Crippen molar-refractivity contribution >= 4 is 5.69 Å². The summed E-state index contributed by atoms with van der Waals surface area (Å²) in [7, 11) is 0. The zero-order chi connectivity index (χ0) is 13.0. The van der Waals surface area contributed by atoms with Gasteiger partial charge in [-0.15, -0.1) is 0 Å². The maximum Gasteiger partial charge on any atom is 0.262 e. The molecule has 0 aliphatic carbocycles. The molecule has 0 saturated heterocycles. The Kier molecular flexibility index (Phi) is 3.62. The van der Waals surface area contributed by atoms with Crippen molar-refractivity contribution in [3.05, 3.63) is 42.3 Å². The summed E-state index contributed by atoms with van der Waals surface area (Å²) in [6, 6.07) is 7.40. The van der Waals surface area contributed by atoms with Crippen LogP contribution in [0.15, 0.2) is 36.5 Å². The van der Waals surface area contributed by atoms with Crippen molar-refractivity contribution in [3.63, 3.8) is 0 Å². The maximum atomic E-state index is 12.9. The van der Waals surface area contributed by atoms with Gasteiger partial charge in [0.25, 0.3) is 5.88 Å². The number of halogens is 1. The third kappa shape index (κ3) is 2.68. The minimum absolute atomic E-state index is 0.211. The molecule has 1 aromatic heterocycles. The smallest absolute Gasteiger partial charge is 0.262 e. The lowest BCUT2D eigenvalue weighted by molar-refractivity contribution is 0.316. The molecule has 2 aromatic rings. The van der Waals surface area contributed by atoms with E-state index in [4.69, 9.17) is 15.2 Å². The van der Waals surface area contributed by atoms with Crippen LogP contribution in [0.25, 0.3) is 0 Å². The Morgan fingerprint density at radius 2 is 2.11 bits per heavy atom. The Labute approximate surface area is 104 Å². The summed E-state index contributed by atoms with van der Waals surface area (Å²) in [5.41, 5.74) is 5.87. The molecular formula is C13H13FN2O2. The third-order valence-corrected chi connectivity index (χ3v) is 2.21. The molecule has 0 radical (unpaired) electrons. The minimum atomic E-state index is -0.411. The second-order valence-electron chi connectivity index (χ2n) is 3.52. The van der Waals surface area contributed by atoms with Crippen molar-refractivity contribution in [2.75, 3.05) is 12.3 Å². The van der Waals surface area contributed by atoms with Gasteiger partial charge in [0.2, 0.25) is 0 Å². The van der Waals surface area contributed by atoms with Gasteiger partial charge in [-0.05, 0) is 31.2 Å². The number of nitrogens with two attached hydrogens (primary N) is 1. The van der Waals surface area contributed by atoms with Gasteiger partial charge in [-0.2, -0.15) is 0 Å². The zero-order valence-corrected chi connectivity index (χ0v) is 9.89. The highest BCUT2D eigenvalue weighted by Crippen LogP contribution is 2.32. The van der Waals surface area contributed by atoms with Gasteiger partial charge in [0, 0.05) is 12.3 Å². The van der Waals surface area contributed by atoms with Crippen LogP contribution in [0.2, 0.25) is 0 Å². The predicted molar refractivity (Wildman–Crippen MR) is 66.3 cm³/mol. The van der Waals surface area contributed by atoms with Crippen LogP contribution in [0.3, 0.4) is 0 Å². The molecule has 0 amide bonds. The van der Waals surface area contributed by atoms with Crippen LogP contribution < -0.4 is 15.2 Å². The van der Waals surface area contributed by atoms with Crippen LogP contribution in [0.5, 0.6) is 17.4 Å². The van der Waals surface area contributed by atoms with Crippen LogP contribution in [0.4, 0.5) is 10.1 Å². The monoisotopic (exact) mass is 248 g/mol. The van der Waals surface area contributed by atoms with Crippen LogP contribution in [-0.2, 0) is 0 Å². The van der Waals surface area contributed by atoms with Crippen molar-refractivity contribution in [2.45, 2.75) is 6.92 Å². The minimum Gasteiger partial charge on any atom is -0.488 e. The quantitative estimate of drug-likeness (QED) is 0.845. The van der Waals surface area contributed by atoms with E-state index in [0.717, 1.165) is 0 Å². The number of rotatable bonds is 4. The summed E-state index contributed by atoms with van der Waals surface area (Å²) in [6.07, 6.45) is 1.58. The molecule has 0 saturated carbocycles. The molecule has 18 heavy (non-hydrogen) atoms. The van der Waals surface area contributed by atoms with E-state index in [1.165, 1.54) is 18.2 Å². The van der Waals surface area contributed by atoms with E-state index in [9.17, 15) is 4.39 Å². The Hall–Kier alpha value is -2.30. The summed E-state index contributed by atoms with van der Waals surface area (Å²) in [5.74, 6) is 0.753. The number of nitrogen functional groups attached to an aromatic ring is 1. The van der Waals surface area contributed by atoms with Crippen LogP contribution >= 0.6 is 0 Å². The van der Waals surface area contributed by atoms with Gasteiger partial charge in [0.1, 0.15) is 5.82 Å². The molecule has 0 aliphatic rings. The molecule has 0 spiro atoms. The highest BCUT2D eigenvalue weighted by molar-refractivity contribution is 5.54. The first-order chi connectivity index (χ1) is 8.70. The van der Waals surface area contributed by atoms with Crippen LogP contribution in [-0.4, -0.2) is 11.6 Å². The summed E-state index contributed by atoms with van der Waals surface area (Å²) in [4.78, 5) is 4.06. The Bertz CT molecular complexity index is 546. The molecular weight excluding hydrogens is 235 g/mol. The maximum absolute atomic E-state index is 12.9. The Morgan fingerprint density at radius 3 is 2.83 bits per heavy atom. The third-order valence-electron chi connectivity index (χ3n) is 2.21. The van der Waals surface area contributed by atoms with E-state index >= 15 is 0 Å². The molecule has 0 atom stereocenters. The summed E-state index contributed by atoms with van der Waals surface area (Å²) >= 11 is 0. The van der Waals surface area contributed by atoms with E-state index in [1.807, 2.05) is 6.92 Å². The second kappa shape index (κ2) is 5.35. The van der Waals surface area contributed by atoms with Crippen molar-refractivity contribution in [3.8, 4) is 17.4 Å². The van der Waals surface area contributed by atoms with Gasteiger partial charge in [0.15, 0.2) is 11.5 Å². The molecule has 0 aliphatic heterocycles. The van der Waals surface area contributed by atoms with E-state index in [0.29, 0.717) is 24.0 Å². The van der Waals surface area contributed by atoms with Gasteiger partial charge in [0.05, 0.1) is 12.3 Å². The number of hydrogen-bond acceptors (Lipinski definition) is 4. The highest BCUT2D eigenvalue weighted by Gasteiger charge is 2.09. The first-order valence-electron chi connectivity index (χ1n) is 5.51. The first-order valence-corrected chi connectivity index (χ1v) is 5.51. The highest BCUT2D eigenvalue weighted by atomic mass is 19.1. The van der Waals surface area contributed by atoms with Gasteiger partial charge >= 0.3 is 0 Å². The van der Waals surface area contributed by atoms with Crippen molar-refractivity contribution in [1.82, 2.24) is 4.98 Å². The van der Waals surface area contributed by atoms with Crippen LogP contribution in [0.1, 0.15) is 6.92 Å². The SMILES string of the molecule is CCOc1cccnc1Oc1ccc(F)cc1N. The van der Waals surface area contributed by atoms with Crippen molar-refractivity contribution in [2.24, 2.45) is 0 Å². The lowest BCUT2D eigenvalue weighted by Crippen LogP contribution is -1.98. The van der Waals surface area contributed by atoms with Crippen molar-refractivity contribution in [1.29, 1.82) is 0 Å². The molecule has 5 heteroatoms. The lowest BCUT2D eigenvalue weighted by Gasteiger charge is -2.11. The Balaban J connectivity index is 2.28. The molecule has 0 bridgehead atoms. The van der Waals surface area contributed by atoms with Gasteiger partial charge < -0.3 is 15.2 Å². The zero-order valence-electron chi connectivity index (χ0n) is 9.89. The van der Waals surface area contributed by atoms with Crippen molar-refractivity contribution < 1.29 is 13.9 Å². The number of anilines is 1. The number of benzene rings is 1. The topological polar surface area (TPSA) is 57.4 Å². The number of hydrogen-bond donors (Lipinski definition) is 1. The predicted octanol–water partition coefficient (Wildman–Crippen LogP) is 2.99. The molecule has 0 fully saturated rings. The average molecular weight is 248 g/mol. The van der Waals surface area contributed by atoms with Gasteiger partial charge in [-0.25, -0.2) is 9.37 Å². The van der Waals surface area contributed by atoms with E-state index < -0.39 is 5.82 Å². The molecule has 4 nitrogen and oxygen atoms in total. The standard InChI is InChI=1S/C13H13FN2O2/c1-2-17-12-4-3-7-16-13(12)18-11-6-5-9(14)8-10(11)15/h3-8H,2,15H2,1H3. The van der Waals surface area contributed by atoms with Gasteiger partial charge in [-0.1, -0.05) is 0 Å². The summed E-state index contributed by atoms with van der Waals surface area (Å²) in [5, 5.41) is 0. The largest absolute Gasteiger partial charge is 0.488 e. The number of pyridine rings is 1. The van der Waals surface area contributed by atoms with E-state index in [2.05, 4.69) is 4.98 Å². The molecule has 1 aromatic carbocycles. The normalized spacial score (nSPS) is 10.1. The average Bonchev–Trinajstić information content (AvgIpc) is 2.35. The molecule has 2 N–H and O–H groups in total. The number of nitrogens with zero attached hydrogens (tertiary/aromatic N) is 1. The lowest BCUT2D eigenvalue weighted by atomic mass is 10.3. The molecule has 2 rings (SSSR count). The van der Waals surface area contributed by atoms with E-state index in [-0.39, 0.29) is 5.69 Å². The summed E-state index contributed by atoms with van der Waals surface area (Å²) in [6.45, 7) is 2.37. The van der Waals surface area contributed by atoms with Gasteiger partial charge in [-0.3, -0.25) is 0 Å². The molecule has 1 heterocycles. The Morgan fingerprint density at radius 1 is 1.28 bits per heavy atom. The first kappa shape index (κ1) is 12.2. The molecule has 94 valence electrons.